The molecule has 0 aliphatic carbocycles. The Hall–Kier alpha value is -1.13. The SMILES string of the molecule is CCCNC(C)c1ccc(N2CCC(O)CC2)cn1. The molecule has 4 heteroatoms. The maximum Gasteiger partial charge on any atom is 0.0574 e. The molecule has 1 aromatic rings. The summed E-state index contributed by atoms with van der Waals surface area (Å²) in [6.07, 6.45) is 4.68. The molecule has 0 aromatic carbocycles. The first kappa shape index (κ1) is 14.3. The number of hydrogen-bond donors (Lipinski definition) is 2. The Morgan fingerprint density at radius 1 is 1.42 bits per heavy atom. The van der Waals surface area contributed by atoms with Crippen molar-refractivity contribution in [1.29, 1.82) is 0 Å². The Bertz CT molecular complexity index is 371. The molecule has 1 saturated heterocycles. The van der Waals surface area contributed by atoms with E-state index in [9.17, 15) is 5.11 Å². The van der Waals surface area contributed by atoms with Gasteiger partial charge in [0.2, 0.25) is 0 Å². The van der Waals surface area contributed by atoms with Gasteiger partial charge in [-0.2, -0.15) is 0 Å². The molecule has 1 aliphatic rings. The summed E-state index contributed by atoms with van der Waals surface area (Å²) >= 11 is 0. The van der Waals surface area contributed by atoms with E-state index in [2.05, 4.69) is 41.2 Å². The summed E-state index contributed by atoms with van der Waals surface area (Å²) in [5.41, 5.74) is 2.26. The molecule has 1 fully saturated rings. The van der Waals surface area contributed by atoms with Gasteiger partial charge in [-0.25, -0.2) is 0 Å². The summed E-state index contributed by atoms with van der Waals surface area (Å²) in [7, 11) is 0. The fourth-order valence-corrected chi connectivity index (χ4v) is 2.43. The van der Waals surface area contributed by atoms with E-state index in [1.54, 1.807) is 0 Å². The monoisotopic (exact) mass is 263 g/mol. The van der Waals surface area contributed by atoms with Crippen LogP contribution >= 0.6 is 0 Å². The summed E-state index contributed by atoms with van der Waals surface area (Å²) in [5, 5.41) is 13.0. The second kappa shape index (κ2) is 6.87. The van der Waals surface area contributed by atoms with Crippen LogP contribution in [0.3, 0.4) is 0 Å². The van der Waals surface area contributed by atoms with E-state index < -0.39 is 0 Å². The lowest BCUT2D eigenvalue weighted by atomic mass is 10.1. The van der Waals surface area contributed by atoms with Crippen molar-refractivity contribution in [1.82, 2.24) is 10.3 Å². The van der Waals surface area contributed by atoms with E-state index in [1.807, 2.05) is 6.20 Å². The molecule has 2 rings (SSSR count). The average Bonchev–Trinajstić information content (AvgIpc) is 2.46. The minimum atomic E-state index is -0.123. The highest BCUT2D eigenvalue weighted by Gasteiger charge is 2.17. The number of hydrogen-bond acceptors (Lipinski definition) is 4. The Labute approximate surface area is 115 Å². The normalized spacial score (nSPS) is 18.6. The molecule has 0 spiro atoms. The summed E-state index contributed by atoms with van der Waals surface area (Å²) in [4.78, 5) is 6.86. The molecule has 2 heterocycles. The van der Waals surface area contributed by atoms with Crippen LogP contribution in [-0.2, 0) is 0 Å². The highest BCUT2D eigenvalue weighted by molar-refractivity contribution is 5.45. The number of nitrogens with one attached hydrogen (secondary N) is 1. The van der Waals surface area contributed by atoms with Crippen molar-refractivity contribution in [2.45, 2.75) is 45.3 Å². The number of aromatic nitrogens is 1. The van der Waals surface area contributed by atoms with E-state index in [1.165, 1.54) is 5.69 Å². The smallest absolute Gasteiger partial charge is 0.0574 e. The van der Waals surface area contributed by atoms with Crippen LogP contribution in [0.4, 0.5) is 5.69 Å². The first-order chi connectivity index (χ1) is 9.20. The molecule has 1 aliphatic heterocycles. The molecule has 4 nitrogen and oxygen atoms in total. The van der Waals surface area contributed by atoms with Gasteiger partial charge in [0.05, 0.1) is 23.7 Å². The molecule has 0 bridgehead atoms. The molecule has 0 radical (unpaired) electrons. The molecular weight excluding hydrogens is 238 g/mol. The molecule has 19 heavy (non-hydrogen) atoms. The first-order valence-corrected chi connectivity index (χ1v) is 7.33. The van der Waals surface area contributed by atoms with Crippen LogP contribution in [0.2, 0.25) is 0 Å². The van der Waals surface area contributed by atoms with Gasteiger partial charge in [-0.05, 0) is 44.9 Å². The van der Waals surface area contributed by atoms with Gasteiger partial charge in [-0.15, -0.1) is 0 Å². The number of nitrogens with zero attached hydrogens (tertiary/aromatic N) is 2. The van der Waals surface area contributed by atoms with Crippen LogP contribution in [-0.4, -0.2) is 35.8 Å². The lowest BCUT2D eigenvalue weighted by Gasteiger charge is -2.31. The van der Waals surface area contributed by atoms with Gasteiger partial charge in [0.25, 0.3) is 0 Å². The predicted octanol–water partition coefficient (Wildman–Crippen LogP) is 2.10. The zero-order valence-corrected chi connectivity index (χ0v) is 12.0. The Morgan fingerprint density at radius 2 is 2.16 bits per heavy atom. The van der Waals surface area contributed by atoms with Gasteiger partial charge in [-0.1, -0.05) is 6.92 Å². The highest BCUT2D eigenvalue weighted by Crippen LogP contribution is 2.20. The van der Waals surface area contributed by atoms with Gasteiger partial charge in [0, 0.05) is 19.1 Å². The summed E-state index contributed by atoms with van der Waals surface area (Å²) in [5.74, 6) is 0. The second-order valence-corrected chi connectivity index (χ2v) is 5.34. The highest BCUT2D eigenvalue weighted by atomic mass is 16.3. The van der Waals surface area contributed by atoms with Crippen molar-refractivity contribution >= 4 is 5.69 Å². The van der Waals surface area contributed by atoms with Gasteiger partial charge >= 0.3 is 0 Å². The molecule has 0 saturated carbocycles. The molecule has 1 aromatic heterocycles. The third kappa shape index (κ3) is 3.91. The number of aliphatic hydroxyl groups excluding tert-OH is 1. The topological polar surface area (TPSA) is 48.4 Å². The molecule has 2 N–H and O–H groups in total. The van der Waals surface area contributed by atoms with Crippen molar-refractivity contribution in [3.63, 3.8) is 0 Å². The average molecular weight is 263 g/mol. The molecule has 1 unspecified atom stereocenters. The zero-order chi connectivity index (χ0) is 13.7. The van der Waals surface area contributed by atoms with Crippen LogP contribution in [0, 0.1) is 0 Å². The van der Waals surface area contributed by atoms with Crippen molar-refractivity contribution in [3.8, 4) is 0 Å². The molecule has 0 amide bonds. The third-order valence-corrected chi connectivity index (χ3v) is 3.74. The van der Waals surface area contributed by atoms with E-state index in [4.69, 9.17) is 0 Å². The number of rotatable bonds is 5. The Balaban J connectivity index is 1.94. The van der Waals surface area contributed by atoms with Crippen LogP contribution in [0.25, 0.3) is 0 Å². The van der Waals surface area contributed by atoms with Crippen molar-refractivity contribution in [2.24, 2.45) is 0 Å². The summed E-state index contributed by atoms with van der Waals surface area (Å²) in [6.45, 7) is 7.18. The third-order valence-electron chi connectivity index (χ3n) is 3.74. The zero-order valence-electron chi connectivity index (χ0n) is 12.0. The summed E-state index contributed by atoms with van der Waals surface area (Å²) in [6, 6.07) is 4.55. The predicted molar refractivity (Wildman–Crippen MR) is 78.4 cm³/mol. The molecule has 106 valence electrons. The fourth-order valence-electron chi connectivity index (χ4n) is 2.43. The Kier molecular flexibility index (Phi) is 5.16. The number of aliphatic hydroxyl groups is 1. The van der Waals surface area contributed by atoms with Crippen LogP contribution < -0.4 is 10.2 Å². The van der Waals surface area contributed by atoms with Crippen LogP contribution in [0.5, 0.6) is 0 Å². The van der Waals surface area contributed by atoms with Crippen molar-refractivity contribution in [3.05, 3.63) is 24.0 Å². The number of piperidine rings is 1. The minimum Gasteiger partial charge on any atom is -0.393 e. The van der Waals surface area contributed by atoms with Crippen molar-refractivity contribution < 1.29 is 5.11 Å². The quantitative estimate of drug-likeness (QED) is 0.854. The molecular formula is C15H25N3O. The van der Waals surface area contributed by atoms with E-state index >= 15 is 0 Å². The standard InChI is InChI=1S/C15H25N3O/c1-3-8-16-12(2)15-5-4-13(11-17-15)18-9-6-14(19)7-10-18/h4-5,11-12,14,16,19H,3,6-10H2,1-2H3. The number of pyridine rings is 1. The lowest BCUT2D eigenvalue weighted by molar-refractivity contribution is 0.145. The fraction of sp³-hybridized carbons (Fsp3) is 0.667. The van der Waals surface area contributed by atoms with Crippen LogP contribution in [0.15, 0.2) is 18.3 Å². The second-order valence-electron chi connectivity index (χ2n) is 5.34. The van der Waals surface area contributed by atoms with E-state index in [-0.39, 0.29) is 6.10 Å². The van der Waals surface area contributed by atoms with Gasteiger partial charge in [-0.3, -0.25) is 4.98 Å². The van der Waals surface area contributed by atoms with E-state index in [0.29, 0.717) is 6.04 Å². The first-order valence-electron chi connectivity index (χ1n) is 7.33. The number of anilines is 1. The maximum absolute atomic E-state index is 9.52. The lowest BCUT2D eigenvalue weighted by Crippen LogP contribution is -2.35. The molecule has 1 atom stereocenters. The van der Waals surface area contributed by atoms with Gasteiger partial charge in [0.15, 0.2) is 0 Å². The maximum atomic E-state index is 9.52. The van der Waals surface area contributed by atoms with Crippen molar-refractivity contribution in [2.75, 3.05) is 24.5 Å². The Morgan fingerprint density at radius 3 is 2.74 bits per heavy atom. The van der Waals surface area contributed by atoms with Crippen LogP contribution in [0.1, 0.15) is 44.8 Å². The van der Waals surface area contributed by atoms with Gasteiger partial charge in [0.1, 0.15) is 0 Å². The van der Waals surface area contributed by atoms with Gasteiger partial charge < -0.3 is 15.3 Å². The minimum absolute atomic E-state index is 0.123. The van der Waals surface area contributed by atoms with E-state index in [0.717, 1.165) is 44.6 Å². The largest absolute Gasteiger partial charge is 0.393 e. The summed E-state index contributed by atoms with van der Waals surface area (Å²) < 4.78 is 0.